The van der Waals surface area contributed by atoms with E-state index < -0.39 is 0 Å². The van der Waals surface area contributed by atoms with Crippen molar-refractivity contribution in [3.05, 3.63) is 0 Å². The minimum atomic E-state index is 0.379. The Bertz CT molecular complexity index is 433. The summed E-state index contributed by atoms with van der Waals surface area (Å²) in [6, 6.07) is 1.48. The van der Waals surface area contributed by atoms with Gasteiger partial charge < -0.3 is 10.2 Å². The third-order valence-corrected chi connectivity index (χ3v) is 7.17. The van der Waals surface area contributed by atoms with Crippen molar-refractivity contribution in [1.82, 2.24) is 20.0 Å². The van der Waals surface area contributed by atoms with Crippen LogP contribution < -0.4 is 5.32 Å². The second-order valence-corrected chi connectivity index (χ2v) is 9.02. The molecule has 0 radical (unpaired) electrons. The van der Waals surface area contributed by atoms with Crippen LogP contribution in [-0.2, 0) is 4.79 Å². The highest BCUT2D eigenvalue weighted by atomic mass is 16.2. The number of hydrogen-bond acceptors (Lipinski definition) is 4. The summed E-state index contributed by atoms with van der Waals surface area (Å²) in [5.41, 5.74) is 0. The molecule has 3 rings (SSSR count). The highest BCUT2D eigenvalue weighted by Crippen LogP contribution is 2.24. The highest BCUT2D eigenvalue weighted by Gasteiger charge is 2.29. The smallest absolute Gasteiger partial charge is 0.222 e. The molecule has 4 atom stereocenters. The van der Waals surface area contributed by atoms with Crippen LogP contribution >= 0.6 is 0 Å². The lowest BCUT2D eigenvalue weighted by molar-refractivity contribution is -0.134. The van der Waals surface area contributed by atoms with Gasteiger partial charge >= 0.3 is 0 Å². The zero-order valence-electron chi connectivity index (χ0n) is 17.3. The Hall–Kier alpha value is -0.650. The monoisotopic (exact) mass is 364 g/mol. The maximum Gasteiger partial charge on any atom is 0.222 e. The Balaban J connectivity index is 1.35. The van der Waals surface area contributed by atoms with E-state index in [1.165, 1.54) is 32.2 Å². The van der Waals surface area contributed by atoms with Crippen molar-refractivity contribution in [3.8, 4) is 0 Å². The summed E-state index contributed by atoms with van der Waals surface area (Å²) in [5.74, 6) is 1.56. The summed E-state index contributed by atoms with van der Waals surface area (Å²) in [4.78, 5) is 20.0. The molecule has 150 valence electrons. The second kappa shape index (κ2) is 9.52. The van der Waals surface area contributed by atoms with E-state index in [-0.39, 0.29) is 0 Å². The van der Waals surface area contributed by atoms with Crippen molar-refractivity contribution < 1.29 is 4.79 Å². The molecular weight excluding hydrogens is 324 g/mol. The molecule has 0 aromatic carbocycles. The molecular formula is C21H40N4O. The number of nitrogens with zero attached hydrogens (tertiary/aromatic N) is 3. The molecule has 0 aliphatic carbocycles. The van der Waals surface area contributed by atoms with E-state index in [0.29, 0.717) is 17.7 Å². The minimum Gasteiger partial charge on any atom is -0.340 e. The predicted molar refractivity (Wildman–Crippen MR) is 107 cm³/mol. The molecule has 4 unspecified atom stereocenters. The molecule has 5 nitrogen and oxygen atoms in total. The molecule has 0 bridgehead atoms. The van der Waals surface area contributed by atoms with E-state index >= 15 is 0 Å². The fraction of sp³-hybridized carbons (Fsp3) is 0.952. The highest BCUT2D eigenvalue weighted by molar-refractivity contribution is 5.76. The SMILES string of the molecule is CC(CC(=O)N1CCN(CCN2C(C)CCC2C)CC1)C1CCCNC1. The number of likely N-dealkylation sites (tertiary alicyclic amines) is 1. The van der Waals surface area contributed by atoms with Crippen LogP contribution in [0.3, 0.4) is 0 Å². The number of piperazine rings is 1. The Morgan fingerprint density at radius 2 is 1.73 bits per heavy atom. The molecule has 3 aliphatic rings. The van der Waals surface area contributed by atoms with Crippen LogP contribution in [0.15, 0.2) is 0 Å². The number of carbonyl (C=O) groups excluding carboxylic acids is 1. The maximum atomic E-state index is 12.7. The van der Waals surface area contributed by atoms with Crippen molar-refractivity contribution in [3.63, 3.8) is 0 Å². The first kappa shape index (κ1) is 20.1. The van der Waals surface area contributed by atoms with Gasteiger partial charge in [-0.05, 0) is 64.5 Å². The Labute approximate surface area is 160 Å². The molecule has 26 heavy (non-hydrogen) atoms. The second-order valence-electron chi connectivity index (χ2n) is 9.02. The summed E-state index contributed by atoms with van der Waals surface area (Å²) in [6.45, 7) is 15.5. The van der Waals surface area contributed by atoms with Gasteiger partial charge in [0.05, 0.1) is 0 Å². The first-order chi connectivity index (χ1) is 12.5. The van der Waals surface area contributed by atoms with Gasteiger partial charge in [-0.1, -0.05) is 6.92 Å². The number of piperidine rings is 1. The van der Waals surface area contributed by atoms with Crippen molar-refractivity contribution in [1.29, 1.82) is 0 Å². The number of carbonyl (C=O) groups is 1. The van der Waals surface area contributed by atoms with Gasteiger partial charge in [-0.3, -0.25) is 14.6 Å². The lowest BCUT2D eigenvalue weighted by Crippen LogP contribution is -2.51. The molecule has 0 saturated carbocycles. The number of rotatable bonds is 6. The van der Waals surface area contributed by atoms with E-state index in [0.717, 1.165) is 64.3 Å². The predicted octanol–water partition coefficient (Wildman–Crippen LogP) is 2.03. The van der Waals surface area contributed by atoms with Crippen LogP contribution in [0, 0.1) is 11.8 Å². The van der Waals surface area contributed by atoms with E-state index in [4.69, 9.17) is 0 Å². The lowest BCUT2D eigenvalue weighted by atomic mass is 9.85. The van der Waals surface area contributed by atoms with Gasteiger partial charge in [0.2, 0.25) is 5.91 Å². The van der Waals surface area contributed by atoms with Crippen molar-refractivity contribution in [2.45, 2.75) is 65.0 Å². The summed E-state index contributed by atoms with van der Waals surface area (Å²) in [7, 11) is 0. The number of amides is 1. The van der Waals surface area contributed by atoms with Crippen LogP contribution in [-0.4, -0.2) is 85.0 Å². The maximum absolute atomic E-state index is 12.7. The fourth-order valence-corrected chi connectivity index (χ4v) is 5.10. The van der Waals surface area contributed by atoms with Crippen LogP contribution in [0.5, 0.6) is 0 Å². The molecule has 5 heteroatoms. The summed E-state index contributed by atoms with van der Waals surface area (Å²) in [6.07, 6.45) is 5.96. The average Bonchev–Trinajstić information content (AvgIpc) is 2.99. The Kier molecular flexibility index (Phi) is 7.35. The summed E-state index contributed by atoms with van der Waals surface area (Å²) >= 11 is 0. The Morgan fingerprint density at radius 3 is 2.35 bits per heavy atom. The van der Waals surface area contributed by atoms with Crippen LogP contribution in [0.25, 0.3) is 0 Å². The minimum absolute atomic E-state index is 0.379. The fourth-order valence-electron chi connectivity index (χ4n) is 5.10. The molecule has 3 fully saturated rings. The summed E-state index contributed by atoms with van der Waals surface area (Å²) in [5, 5.41) is 3.48. The topological polar surface area (TPSA) is 38.8 Å². The normalized spacial score (nSPS) is 32.7. The molecule has 3 saturated heterocycles. The third kappa shape index (κ3) is 5.20. The Morgan fingerprint density at radius 1 is 1.04 bits per heavy atom. The zero-order chi connectivity index (χ0) is 18.5. The first-order valence-corrected chi connectivity index (χ1v) is 11.0. The summed E-state index contributed by atoms with van der Waals surface area (Å²) < 4.78 is 0. The number of hydrogen-bond donors (Lipinski definition) is 1. The first-order valence-electron chi connectivity index (χ1n) is 11.0. The average molecular weight is 365 g/mol. The van der Waals surface area contributed by atoms with Crippen molar-refractivity contribution >= 4 is 5.91 Å². The molecule has 0 spiro atoms. The molecule has 1 amide bonds. The standard InChI is InChI=1S/C21H40N4O/c1-17(20-5-4-8-22-16-20)15-21(26)24-12-9-23(10-13-24)11-14-25-18(2)6-7-19(25)3/h17-20,22H,4-16H2,1-3H3. The van der Waals surface area contributed by atoms with Gasteiger partial charge in [0.1, 0.15) is 0 Å². The van der Waals surface area contributed by atoms with Gasteiger partial charge in [0.25, 0.3) is 0 Å². The molecule has 3 aliphatic heterocycles. The van der Waals surface area contributed by atoms with E-state index in [1.807, 2.05) is 0 Å². The molecule has 3 heterocycles. The zero-order valence-corrected chi connectivity index (χ0v) is 17.3. The van der Waals surface area contributed by atoms with Gasteiger partial charge in [-0.2, -0.15) is 0 Å². The number of nitrogens with one attached hydrogen (secondary N) is 1. The van der Waals surface area contributed by atoms with Gasteiger partial charge in [0.15, 0.2) is 0 Å². The lowest BCUT2D eigenvalue weighted by Gasteiger charge is -2.37. The van der Waals surface area contributed by atoms with Gasteiger partial charge in [-0.25, -0.2) is 0 Å². The van der Waals surface area contributed by atoms with E-state index in [9.17, 15) is 4.79 Å². The molecule has 0 aromatic rings. The van der Waals surface area contributed by atoms with Gasteiger partial charge in [0, 0.05) is 57.8 Å². The molecule has 0 aromatic heterocycles. The quantitative estimate of drug-likeness (QED) is 0.783. The van der Waals surface area contributed by atoms with Crippen LogP contribution in [0.2, 0.25) is 0 Å². The van der Waals surface area contributed by atoms with Crippen LogP contribution in [0.1, 0.15) is 52.9 Å². The van der Waals surface area contributed by atoms with Crippen LogP contribution in [0.4, 0.5) is 0 Å². The third-order valence-electron chi connectivity index (χ3n) is 7.17. The largest absolute Gasteiger partial charge is 0.340 e. The van der Waals surface area contributed by atoms with Crippen molar-refractivity contribution in [2.75, 3.05) is 52.4 Å². The van der Waals surface area contributed by atoms with E-state index in [1.54, 1.807) is 0 Å². The van der Waals surface area contributed by atoms with E-state index in [2.05, 4.69) is 40.8 Å². The molecule has 1 N–H and O–H groups in total. The van der Waals surface area contributed by atoms with Crippen molar-refractivity contribution in [2.24, 2.45) is 11.8 Å². The van der Waals surface area contributed by atoms with Gasteiger partial charge in [-0.15, -0.1) is 0 Å².